The fourth-order valence-corrected chi connectivity index (χ4v) is 3.27. The van der Waals surface area contributed by atoms with Crippen molar-refractivity contribution < 1.29 is 34.2 Å². The summed E-state index contributed by atoms with van der Waals surface area (Å²) in [5.41, 5.74) is 3.65. The van der Waals surface area contributed by atoms with Crippen LogP contribution in [-0.2, 0) is 10.1 Å². The number of fused-ring (bicyclic) bond motifs is 2. The monoisotopic (exact) mass is 360 g/mol. The van der Waals surface area contributed by atoms with Crippen LogP contribution in [0.15, 0.2) is 29.2 Å². The first-order valence-electron chi connectivity index (χ1n) is 6.19. The number of rotatable bonds is 1. The number of carbonyl (C=O) groups excluding carboxylic acids is 2. The van der Waals surface area contributed by atoms with Crippen LogP contribution in [0.1, 0.15) is 33.3 Å². The quantitative estimate of drug-likeness (QED) is 0.161. The van der Waals surface area contributed by atoms with Crippen molar-refractivity contribution in [1.82, 2.24) is 0 Å². The van der Waals surface area contributed by atoms with E-state index in [1.54, 1.807) is 0 Å². The topological polar surface area (TPSA) is 155 Å². The molecule has 1 aliphatic carbocycles. The van der Waals surface area contributed by atoms with Gasteiger partial charge >= 0.3 is 10.1 Å². The maximum absolute atomic E-state index is 12.5. The number of nitrogen functional groups attached to an aromatic ring is 1. The van der Waals surface area contributed by atoms with Gasteiger partial charge in [0.15, 0.2) is 28.0 Å². The third-order valence-corrected chi connectivity index (χ3v) is 4.47. The van der Waals surface area contributed by atoms with Crippen molar-refractivity contribution in [2.75, 3.05) is 5.73 Å². The number of aromatic hydroxyl groups is 2. The van der Waals surface area contributed by atoms with Crippen LogP contribution in [0.3, 0.4) is 0 Å². The zero-order valence-corrected chi connectivity index (χ0v) is 15.1. The molecule has 0 spiro atoms. The molecular weight excluding hydrogens is 349 g/mol. The Morgan fingerprint density at radius 1 is 0.917 bits per heavy atom. The number of benzene rings is 2. The Hall–Kier alpha value is -1.91. The molecule has 10 heteroatoms. The Morgan fingerprint density at radius 2 is 1.38 bits per heavy atom. The number of phenols is 2. The molecule has 0 bridgehead atoms. The number of ketones is 2. The number of hydrogen-bond donors (Lipinski definition) is 4. The third kappa shape index (κ3) is 2.41. The molecule has 0 unspecified atom stereocenters. The summed E-state index contributed by atoms with van der Waals surface area (Å²) in [5.74, 6) is -4.00. The number of phenolic OH excluding ortho intramolecular Hbond substituents is 2. The largest absolute Gasteiger partial charge is 0.506 e. The molecule has 0 fully saturated rings. The van der Waals surface area contributed by atoms with Gasteiger partial charge in [-0.3, -0.25) is 14.1 Å². The van der Waals surface area contributed by atoms with Gasteiger partial charge in [0.05, 0.1) is 16.8 Å². The van der Waals surface area contributed by atoms with E-state index in [2.05, 4.69) is 0 Å². The molecule has 0 heterocycles. The van der Waals surface area contributed by atoms with Crippen LogP contribution in [0.4, 0.5) is 5.69 Å². The summed E-state index contributed by atoms with van der Waals surface area (Å²) >= 11 is 0. The molecule has 0 amide bonds. The molecule has 2 aromatic rings. The van der Waals surface area contributed by atoms with Crippen molar-refractivity contribution in [1.29, 1.82) is 0 Å². The van der Waals surface area contributed by atoms with E-state index in [1.807, 2.05) is 0 Å². The Bertz CT molecular complexity index is 1020. The van der Waals surface area contributed by atoms with Gasteiger partial charge in [-0.1, -0.05) is 24.3 Å². The molecule has 0 aromatic heterocycles. The fourth-order valence-electron chi connectivity index (χ4n) is 2.57. The molecule has 5 N–H and O–H groups in total. The predicted molar refractivity (Wildman–Crippen MR) is 85.2 cm³/mol. The molecule has 2 aromatic carbocycles. The van der Waals surface area contributed by atoms with Gasteiger partial charge in [-0.05, 0) is 0 Å². The standard InChI is InChI=1S/C14H9NO7S.Na.H2/c15-9-7-8(12(18)14(13(9)19)23(20,21)22)11(17)6-4-2-1-3-5(6)10(7)16;;/h1-4,18-19H,15H2,(H,20,21,22);;1H. The first-order chi connectivity index (χ1) is 10.7. The minimum Gasteiger partial charge on any atom is -0.506 e. The van der Waals surface area contributed by atoms with Crippen LogP contribution in [-0.4, -0.2) is 64.3 Å². The van der Waals surface area contributed by atoms with Gasteiger partial charge in [0, 0.05) is 42.1 Å². The maximum atomic E-state index is 12.5. The van der Waals surface area contributed by atoms with Gasteiger partial charge in [-0.2, -0.15) is 8.42 Å². The predicted octanol–water partition coefficient (Wildman–Crippen LogP) is 0.567. The molecule has 1 aliphatic rings. The minimum absolute atomic E-state index is 0. The summed E-state index contributed by atoms with van der Waals surface area (Å²) in [5, 5.41) is 19.9. The van der Waals surface area contributed by atoms with Gasteiger partial charge in [0.2, 0.25) is 0 Å². The zero-order chi connectivity index (χ0) is 17.1. The van der Waals surface area contributed by atoms with E-state index in [9.17, 15) is 28.2 Å². The normalized spacial score (nSPS) is 13.0. The number of hydrogen-bond acceptors (Lipinski definition) is 7. The zero-order valence-electron chi connectivity index (χ0n) is 12.3. The van der Waals surface area contributed by atoms with E-state index >= 15 is 0 Å². The molecule has 8 nitrogen and oxygen atoms in total. The summed E-state index contributed by atoms with van der Waals surface area (Å²) in [7, 11) is -5.08. The molecule has 0 atom stereocenters. The Labute approximate surface area is 159 Å². The van der Waals surface area contributed by atoms with E-state index in [0.717, 1.165) is 0 Å². The molecule has 0 aliphatic heterocycles. The van der Waals surface area contributed by atoms with Crippen LogP contribution in [0, 0.1) is 0 Å². The van der Waals surface area contributed by atoms with E-state index in [-0.39, 0.29) is 42.1 Å². The molecule has 24 heavy (non-hydrogen) atoms. The summed E-state index contributed by atoms with van der Waals surface area (Å²) in [6.45, 7) is 0. The first-order valence-corrected chi connectivity index (χ1v) is 7.63. The van der Waals surface area contributed by atoms with Gasteiger partial charge in [0.1, 0.15) is 0 Å². The van der Waals surface area contributed by atoms with E-state index in [0.29, 0.717) is 0 Å². The second-order valence-electron chi connectivity index (χ2n) is 4.87. The molecule has 0 saturated carbocycles. The van der Waals surface area contributed by atoms with Crippen molar-refractivity contribution in [3.63, 3.8) is 0 Å². The smallest absolute Gasteiger partial charge is 0.302 e. The van der Waals surface area contributed by atoms with E-state index < -0.39 is 54.9 Å². The number of anilines is 1. The Kier molecular flexibility index (Phi) is 4.51. The molecular formula is C14H11NNaO7S. The molecule has 3 rings (SSSR count). The SMILES string of the molecule is Nc1c(O)c(S(=O)(=O)O)c(O)c2c1C(=O)c1ccccc1C2=O.[HH].[Na]. The number of nitrogens with two attached hydrogens (primary N) is 1. The van der Waals surface area contributed by atoms with Crippen molar-refractivity contribution in [2.45, 2.75) is 4.90 Å². The summed E-state index contributed by atoms with van der Waals surface area (Å²) in [6, 6.07) is 5.69. The average molecular weight is 360 g/mol. The van der Waals surface area contributed by atoms with Gasteiger partial charge in [0.25, 0.3) is 0 Å². The summed E-state index contributed by atoms with van der Waals surface area (Å²) in [4.78, 5) is 23.7. The van der Waals surface area contributed by atoms with E-state index in [4.69, 9.17) is 10.3 Å². The fraction of sp³-hybridized carbons (Fsp3) is 0. The van der Waals surface area contributed by atoms with E-state index in [1.165, 1.54) is 24.3 Å². The molecule has 121 valence electrons. The average Bonchev–Trinajstić information content (AvgIpc) is 2.47. The maximum Gasteiger partial charge on any atom is 0.302 e. The number of carbonyl (C=O) groups is 2. The van der Waals surface area contributed by atoms with Gasteiger partial charge in [-0.25, -0.2) is 0 Å². The van der Waals surface area contributed by atoms with Crippen LogP contribution in [0.2, 0.25) is 0 Å². The van der Waals surface area contributed by atoms with Crippen LogP contribution in [0.25, 0.3) is 0 Å². The van der Waals surface area contributed by atoms with Crippen molar-refractivity contribution in [2.24, 2.45) is 0 Å². The Balaban J connectivity index is 0.00000156. The van der Waals surface area contributed by atoms with Crippen molar-refractivity contribution in [3.05, 3.63) is 46.5 Å². The minimum atomic E-state index is -5.08. The second kappa shape index (κ2) is 5.87. The third-order valence-electron chi connectivity index (χ3n) is 3.57. The summed E-state index contributed by atoms with van der Waals surface area (Å²) < 4.78 is 31.8. The van der Waals surface area contributed by atoms with Crippen molar-refractivity contribution in [3.8, 4) is 11.5 Å². The van der Waals surface area contributed by atoms with Gasteiger partial charge in [-0.15, -0.1) is 0 Å². The van der Waals surface area contributed by atoms with Gasteiger partial charge < -0.3 is 15.9 Å². The van der Waals surface area contributed by atoms with Crippen molar-refractivity contribution >= 4 is 56.9 Å². The summed E-state index contributed by atoms with van der Waals surface area (Å²) in [6.07, 6.45) is 0. The van der Waals surface area contributed by atoms with Crippen LogP contribution < -0.4 is 5.73 Å². The van der Waals surface area contributed by atoms with Crippen LogP contribution >= 0.6 is 0 Å². The first kappa shape index (κ1) is 18.4. The van der Waals surface area contributed by atoms with Crippen LogP contribution in [0.5, 0.6) is 11.5 Å². The molecule has 0 saturated heterocycles. The Morgan fingerprint density at radius 3 is 1.83 bits per heavy atom. The second-order valence-corrected chi connectivity index (χ2v) is 6.23. The molecule has 1 radical (unpaired) electrons.